The maximum Gasteiger partial charge on any atom is 0.229 e. The Labute approximate surface area is 177 Å². The van der Waals surface area contributed by atoms with E-state index in [4.69, 9.17) is 18.9 Å². The standard InChI is InChI=1S/C19H28O12/c1-7-2-8(28-18-16(26)14(24)12(22)10(5-20)30-18)4-9(3-7)29-19-17(27)15(25)13(23)11(6-21)31-19/h2-4,10-27H,5-6H2,1H3/t10-,11-,12-,13-,14+,15+,16-,17-,18-,19-/m1/s1. The number of rotatable bonds is 6. The summed E-state index contributed by atoms with van der Waals surface area (Å²) in [5.41, 5.74) is 0.627. The van der Waals surface area contributed by atoms with E-state index in [0.29, 0.717) is 5.56 Å². The highest BCUT2D eigenvalue weighted by Gasteiger charge is 2.46. The molecule has 2 saturated heterocycles. The Bertz CT molecular complexity index is 672. The molecule has 12 nitrogen and oxygen atoms in total. The summed E-state index contributed by atoms with van der Waals surface area (Å²) in [4.78, 5) is 0. The van der Waals surface area contributed by atoms with Crippen molar-refractivity contribution in [2.45, 2.75) is 68.3 Å². The van der Waals surface area contributed by atoms with Crippen molar-refractivity contribution in [3.63, 3.8) is 0 Å². The minimum atomic E-state index is -1.61. The lowest BCUT2D eigenvalue weighted by Crippen LogP contribution is -2.60. The molecule has 176 valence electrons. The average molecular weight is 448 g/mol. The van der Waals surface area contributed by atoms with Gasteiger partial charge in [-0.25, -0.2) is 0 Å². The number of aliphatic hydroxyl groups is 8. The molecule has 8 N–H and O–H groups in total. The predicted molar refractivity (Wildman–Crippen MR) is 100.0 cm³/mol. The van der Waals surface area contributed by atoms with E-state index in [0.717, 1.165) is 0 Å². The molecule has 0 saturated carbocycles. The van der Waals surface area contributed by atoms with Crippen LogP contribution in [0, 0.1) is 6.92 Å². The minimum absolute atomic E-state index is 0.129. The zero-order chi connectivity index (χ0) is 22.9. The lowest BCUT2D eigenvalue weighted by atomic mass is 9.99. The number of aryl methyl sites for hydroxylation is 1. The number of benzene rings is 1. The van der Waals surface area contributed by atoms with Gasteiger partial charge in [0.25, 0.3) is 0 Å². The molecule has 31 heavy (non-hydrogen) atoms. The maximum absolute atomic E-state index is 10.1. The summed E-state index contributed by atoms with van der Waals surface area (Å²) in [5.74, 6) is 0.257. The predicted octanol–water partition coefficient (Wildman–Crippen LogP) is -3.65. The molecule has 2 fully saturated rings. The molecule has 0 radical (unpaired) electrons. The summed E-state index contributed by atoms with van der Waals surface area (Å²) in [7, 11) is 0. The second-order valence-electron chi connectivity index (χ2n) is 7.61. The fourth-order valence-electron chi connectivity index (χ4n) is 3.45. The van der Waals surface area contributed by atoms with Gasteiger partial charge in [0.1, 0.15) is 60.3 Å². The van der Waals surface area contributed by atoms with Gasteiger partial charge in [0.2, 0.25) is 12.6 Å². The first-order valence-electron chi connectivity index (χ1n) is 9.72. The maximum atomic E-state index is 10.1. The second-order valence-corrected chi connectivity index (χ2v) is 7.61. The van der Waals surface area contributed by atoms with Crippen molar-refractivity contribution >= 4 is 0 Å². The van der Waals surface area contributed by atoms with Gasteiger partial charge in [-0.3, -0.25) is 0 Å². The summed E-state index contributed by atoms with van der Waals surface area (Å²) >= 11 is 0. The van der Waals surface area contributed by atoms with E-state index in [2.05, 4.69) is 0 Å². The van der Waals surface area contributed by atoms with Crippen molar-refractivity contribution in [2.75, 3.05) is 13.2 Å². The lowest BCUT2D eigenvalue weighted by molar-refractivity contribution is -0.278. The topological polar surface area (TPSA) is 199 Å². The van der Waals surface area contributed by atoms with Gasteiger partial charge >= 0.3 is 0 Å². The second kappa shape index (κ2) is 9.92. The Hall–Kier alpha value is -1.58. The van der Waals surface area contributed by atoms with Gasteiger partial charge in [0, 0.05) is 6.07 Å². The Morgan fingerprint density at radius 2 is 1.03 bits per heavy atom. The first-order chi connectivity index (χ1) is 14.7. The van der Waals surface area contributed by atoms with Gasteiger partial charge in [-0.05, 0) is 24.6 Å². The highest BCUT2D eigenvalue weighted by molar-refractivity contribution is 5.38. The number of ether oxygens (including phenoxy) is 4. The molecule has 0 spiro atoms. The highest BCUT2D eigenvalue weighted by atomic mass is 16.7. The smallest absolute Gasteiger partial charge is 0.229 e. The molecular weight excluding hydrogens is 420 g/mol. The first kappa shape index (κ1) is 24.1. The van der Waals surface area contributed by atoms with Crippen molar-refractivity contribution in [3.05, 3.63) is 23.8 Å². The van der Waals surface area contributed by atoms with Crippen LogP contribution in [0.4, 0.5) is 0 Å². The summed E-state index contributed by atoms with van der Waals surface area (Å²) in [6.07, 6.45) is -14.6. The van der Waals surface area contributed by atoms with Crippen LogP contribution >= 0.6 is 0 Å². The summed E-state index contributed by atoms with van der Waals surface area (Å²) < 4.78 is 21.8. The third-order valence-corrected chi connectivity index (χ3v) is 5.23. The molecule has 10 atom stereocenters. The zero-order valence-electron chi connectivity index (χ0n) is 16.6. The molecule has 1 aromatic rings. The van der Waals surface area contributed by atoms with Gasteiger partial charge in [0.05, 0.1) is 13.2 Å². The van der Waals surface area contributed by atoms with Gasteiger partial charge in [-0.2, -0.15) is 0 Å². The average Bonchev–Trinajstić information content (AvgIpc) is 2.74. The highest BCUT2D eigenvalue weighted by Crippen LogP contribution is 2.30. The zero-order valence-corrected chi connectivity index (χ0v) is 16.6. The third-order valence-electron chi connectivity index (χ3n) is 5.23. The summed E-state index contributed by atoms with van der Waals surface area (Å²) in [5, 5.41) is 78.3. The number of hydrogen-bond acceptors (Lipinski definition) is 12. The van der Waals surface area contributed by atoms with E-state index in [1.165, 1.54) is 6.07 Å². The molecule has 0 unspecified atom stereocenters. The molecule has 2 aliphatic rings. The van der Waals surface area contributed by atoms with Gasteiger partial charge < -0.3 is 59.8 Å². The summed E-state index contributed by atoms with van der Waals surface area (Å²) in [6.45, 7) is 0.481. The first-order valence-corrected chi connectivity index (χ1v) is 9.72. The van der Waals surface area contributed by atoms with E-state index in [1.54, 1.807) is 19.1 Å². The van der Waals surface area contributed by atoms with Gasteiger partial charge in [0.15, 0.2) is 0 Å². The SMILES string of the molecule is Cc1cc(O[C@@H]2O[C@H](CO)[C@@H](O)[C@H](O)[C@H]2O)cc(O[C@@H]2O[C@H](CO)[C@@H](O)[C@H](O)[C@H]2O)c1. The van der Waals surface area contributed by atoms with E-state index in [-0.39, 0.29) is 11.5 Å². The largest absolute Gasteiger partial charge is 0.462 e. The van der Waals surface area contributed by atoms with Crippen LogP contribution in [0.15, 0.2) is 18.2 Å². The van der Waals surface area contributed by atoms with Crippen LogP contribution in [-0.4, -0.2) is 115 Å². The molecule has 2 aliphatic heterocycles. The number of aliphatic hydroxyl groups excluding tert-OH is 8. The number of hydrogen-bond donors (Lipinski definition) is 8. The summed E-state index contributed by atoms with van der Waals surface area (Å²) in [6, 6.07) is 4.47. The Balaban J connectivity index is 1.74. The van der Waals surface area contributed by atoms with Crippen molar-refractivity contribution < 1.29 is 59.8 Å². The Morgan fingerprint density at radius 1 is 0.645 bits per heavy atom. The van der Waals surface area contributed by atoms with Gasteiger partial charge in [-0.15, -0.1) is 0 Å². The third kappa shape index (κ3) is 5.09. The quantitative estimate of drug-likeness (QED) is 0.213. The van der Waals surface area contributed by atoms with Crippen molar-refractivity contribution in [2.24, 2.45) is 0 Å². The van der Waals surface area contributed by atoms with Crippen molar-refractivity contribution in [1.82, 2.24) is 0 Å². The molecule has 12 heteroatoms. The van der Waals surface area contributed by atoms with Crippen molar-refractivity contribution in [3.8, 4) is 11.5 Å². The molecule has 0 aromatic heterocycles. The fraction of sp³-hybridized carbons (Fsp3) is 0.684. The van der Waals surface area contributed by atoms with Crippen LogP contribution in [0.5, 0.6) is 11.5 Å². The Morgan fingerprint density at radius 3 is 1.39 bits per heavy atom. The molecular formula is C19H28O12. The van der Waals surface area contributed by atoms with Crippen LogP contribution in [-0.2, 0) is 9.47 Å². The van der Waals surface area contributed by atoms with Crippen LogP contribution in [0.1, 0.15) is 5.56 Å². The van der Waals surface area contributed by atoms with Gasteiger partial charge in [-0.1, -0.05) is 0 Å². The van der Waals surface area contributed by atoms with Crippen molar-refractivity contribution in [1.29, 1.82) is 0 Å². The monoisotopic (exact) mass is 448 g/mol. The molecule has 1 aromatic carbocycles. The molecule has 0 aliphatic carbocycles. The lowest BCUT2D eigenvalue weighted by Gasteiger charge is -2.40. The fourth-order valence-corrected chi connectivity index (χ4v) is 3.45. The van der Waals surface area contributed by atoms with Crippen LogP contribution in [0.3, 0.4) is 0 Å². The van der Waals surface area contributed by atoms with E-state index < -0.39 is 74.6 Å². The normalized spacial score (nSPS) is 41.1. The molecule has 0 amide bonds. The van der Waals surface area contributed by atoms with E-state index in [1.807, 2.05) is 0 Å². The van der Waals surface area contributed by atoms with E-state index in [9.17, 15) is 40.9 Å². The molecule has 2 heterocycles. The molecule has 3 rings (SSSR count). The Kier molecular flexibility index (Phi) is 7.70. The minimum Gasteiger partial charge on any atom is -0.462 e. The van der Waals surface area contributed by atoms with Crippen LogP contribution < -0.4 is 9.47 Å². The molecule has 0 bridgehead atoms. The van der Waals surface area contributed by atoms with Crippen LogP contribution in [0.25, 0.3) is 0 Å². The van der Waals surface area contributed by atoms with E-state index >= 15 is 0 Å². The van der Waals surface area contributed by atoms with Crippen LogP contribution in [0.2, 0.25) is 0 Å².